The Balaban J connectivity index is 0.00000280. The third kappa shape index (κ3) is 4.29. The van der Waals surface area contributed by atoms with Gasteiger partial charge in [0.15, 0.2) is 0 Å². The number of rotatable bonds is 5. The van der Waals surface area contributed by atoms with Gasteiger partial charge in [-0.05, 0) is 57.8 Å². The number of carbonyl (C=O) groups excluding carboxylic acids is 1. The maximum Gasteiger partial charge on any atom is 0.341 e. The van der Waals surface area contributed by atoms with Crippen molar-refractivity contribution in [2.45, 2.75) is 26.5 Å². The van der Waals surface area contributed by atoms with Gasteiger partial charge >= 0.3 is 5.97 Å². The molecule has 0 aliphatic carbocycles. The zero-order chi connectivity index (χ0) is 19.7. The van der Waals surface area contributed by atoms with Crippen molar-refractivity contribution in [2.24, 2.45) is 0 Å². The smallest absolute Gasteiger partial charge is 0.341 e. The van der Waals surface area contributed by atoms with Crippen LogP contribution in [0.2, 0.25) is 0 Å². The highest BCUT2D eigenvalue weighted by atomic mass is 35.5. The SMILES string of the molecule is Cc1[nH]c2ccc(O)c(CN(C)C)c2c1C(=O)O[C@@H](C)c1ccc(F)cc1.Cl. The van der Waals surface area contributed by atoms with Gasteiger partial charge in [-0.25, -0.2) is 9.18 Å². The number of nitrogens with one attached hydrogen (secondary N) is 1. The van der Waals surface area contributed by atoms with Crippen molar-refractivity contribution in [3.63, 3.8) is 0 Å². The topological polar surface area (TPSA) is 65.6 Å². The Morgan fingerprint density at radius 2 is 1.86 bits per heavy atom. The van der Waals surface area contributed by atoms with E-state index in [9.17, 15) is 14.3 Å². The summed E-state index contributed by atoms with van der Waals surface area (Å²) in [5.74, 6) is -0.689. The van der Waals surface area contributed by atoms with E-state index in [4.69, 9.17) is 4.74 Å². The highest BCUT2D eigenvalue weighted by molar-refractivity contribution is 6.07. The van der Waals surface area contributed by atoms with Crippen LogP contribution in [0.25, 0.3) is 10.9 Å². The summed E-state index contributed by atoms with van der Waals surface area (Å²) in [4.78, 5) is 18.0. The summed E-state index contributed by atoms with van der Waals surface area (Å²) >= 11 is 0. The molecule has 2 N–H and O–H groups in total. The van der Waals surface area contributed by atoms with Gasteiger partial charge in [0.1, 0.15) is 17.7 Å². The predicted octanol–water partition coefficient (Wildman–Crippen LogP) is 4.72. The van der Waals surface area contributed by atoms with Crippen LogP contribution in [0.4, 0.5) is 4.39 Å². The number of esters is 1. The Morgan fingerprint density at radius 3 is 2.46 bits per heavy atom. The number of benzene rings is 2. The number of aryl methyl sites for hydroxylation is 1. The number of nitrogens with zero attached hydrogens (tertiary/aromatic N) is 1. The van der Waals surface area contributed by atoms with Gasteiger partial charge in [0.25, 0.3) is 0 Å². The van der Waals surface area contributed by atoms with Crippen molar-refractivity contribution in [2.75, 3.05) is 14.1 Å². The summed E-state index contributed by atoms with van der Waals surface area (Å²) < 4.78 is 18.7. The Labute approximate surface area is 169 Å². The van der Waals surface area contributed by atoms with Crippen LogP contribution in [-0.4, -0.2) is 35.1 Å². The van der Waals surface area contributed by atoms with Crippen LogP contribution in [0, 0.1) is 12.7 Å². The van der Waals surface area contributed by atoms with Crippen molar-refractivity contribution in [1.29, 1.82) is 0 Å². The number of ether oxygens (including phenoxy) is 1. The van der Waals surface area contributed by atoms with Gasteiger partial charge in [-0.1, -0.05) is 12.1 Å². The summed E-state index contributed by atoms with van der Waals surface area (Å²) in [6.07, 6.45) is -0.531. The fourth-order valence-corrected chi connectivity index (χ4v) is 3.23. The largest absolute Gasteiger partial charge is 0.508 e. The maximum atomic E-state index is 13.1. The van der Waals surface area contributed by atoms with Crippen LogP contribution in [0.5, 0.6) is 5.75 Å². The zero-order valence-corrected chi connectivity index (χ0v) is 17.1. The lowest BCUT2D eigenvalue weighted by atomic mass is 10.0. The van der Waals surface area contributed by atoms with Gasteiger partial charge in [0, 0.05) is 28.7 Å². The van der Waals surface area contributed by atoms with Gasteiger partial charge in [-0.2, -0.15) is 0 Å². The van der Waals surface area contributed by atoms with Gasteiger partial charge < -0.3 is 19.7 Å². The number of halogens is 2. The lowest BCUT2D eigenvalue weighted by Crippen LogP contribution is -2.13. The first-order chi connectivity index (χ1) is 12.8. The molecule has 0 saturated carbocycles. The highest BCUT2D eigenvalue weighted by Crippen LogP contribution is 2.33. The Kier molecular flexibility index (Phi) is 6.69. The summed E-state index contributed by atoms with van der Waals surface area (Å²) in [6.45, 7) is 4.03. The number of hydrogen-bond donors (Lipinski definition) is 2. The normalized spacial score (nSPS) is 12.1. The first-order valence-corrected chi connectivity index (χ1v) is 8.72. The van der Waals surface area contributed by atoms with Gasteiger partial charge in [-0.3, -0.25) is 0 Å². The van der Waals surface area contributed by atoms with Gasteiger partial charge in [0.2, 0.25) is 0 Å². The van der Waals surface area contributed by atoms with E-state index < -0.39 is 12.1 Å². The second kappa shape index (κ2) is 8.63. The molecule has 2 aromatic carbocycles. The molecule has 0 fully saturated rings. The van der Waals surface area contributed by atoms with Crippen LogP contribution in [0.1, 0.15) is 40.2 Å². The molecular weight excluding hydrogens is 383 g/mol. The van der Waals surface area contributed by atoms with E-state index in [-0.39, 0.29) is 24.0 Å². The van der Waals surface area contributed by atoms with E-state index in [1.165, 1.54) is 12.1 Å². The first kappa shape index (κ1) is 21.7. The molecule has 150 valence electrons. The quantitative estimate of drug-likeness (QED) is 0.601. The van der Waals surface area contributed by atoms with Gasteiger partial charge in [0.05, 0.1) is 5.56 Å². The number of hydrogen-bond acceptors (Lipinski definition) is 4. The van der Waals surface area contributed by atoms with E-state index in [0.29, 0.717) is 34.3 Å². The van der Waals surface area contributed by atoms with E-state index >= 15 is 0 Å². The number of aromatic nitrogens is 1. The predicted molar refractivity (Wildman–Crippen MR) is 110 cm³/mol. The fourth-order valence-electron chi connectivity index (χ4n) is 3.23. The molecular formula is C21H24ClFN2O3. The summed E-state index contributed by atoms with van der Waals surface area (Å²) in [5.41, 5.74) is 3.23. The molecule has 5 nitrogen and oxygen atoms in total. The average molecular weight is 407 g/mol. The summed E-state index contributed by atoms with van der Waals surface area (Å²) in [6, 6.07) is 9.23. The lowest BCUT2D eigenvalue weighted by molar-refractivity contribution is 0.0339. The number of carbonyl (C=O) groups is 1. The maximum absolute atomic E-state index is 13.1. The zero-order valence-electron chi connectivity index (χ0n) is 16.2. The van der Waals surface area contributed by atoms with Crippen LogP contribution in [-0.2, 0) is 11.3 Å². The van der Waals surface area contributed by atoms with Crippen molar-refractivity contribution in [3.05, 3.63) is 64.6 Å². The van der Waals surface area contributed by atoms with Crippen molar-refractivity contribution >= 4 is 29.3 Å². The molecule has 28 heavy (non-hydrogen) atoms. The molecule has 0 saturated heterocycles. The molecule has 0 amide bonds. The van der Waals surface area contributed by atoms with Crippen LogP contribution in [0.15, 0.2) is 36.4 Å². The molecule has 1 aromatic heterocycles. The van der Waals surface area contributed by atoms with Crippen molar-refractivity contribution < 1.29 is 19.0 Å². The van der Waals surface area contributed by atoms with E-state index in [1.54, 1.807) is 38.1 Å². The van der Waals surface area contributed by atoms with Crippen LogP contribution < -0.4 is 0 Å². The Morgan fingerprint density at radius 1 is 1.21 bits per heavy atom. The standard InChI is InChI=1S/C21H23FN2O3.ClH/c1-12-19(21(26)27-13(2)14-5-7-15(22)8-6-14)20-16(11-24(3)4)18(25)10-9-17(20)23-12;/h5-10,13,23,25H,11H2,1-4H3;1H/t13-;/m0./s1. The first-order valence-electron chi connectivity index (χ1n) is 8.72. The summed E-state index contributed by atoms with van der Waals surface area (Å²) in [5, 5.41) is 11.0. The molecule has 0 aliphatic heterocycles. The van der Waals surface area contributed by atoms with Crippen LogP contribution in [0.3, 0.4) is 0 Å². The van der Waals surface area contributed by atoms with Crippen molar-refractivity contribution in [1.82, 2.24) is 9.88 Å². The second-order valence-corrected chi connectivity index (χ2v) is 6.95. The number of aromatic amines is 1. The third-order valence-electron chi connectivity index (χ3n) is 4.54. The Hall–Kier alpha value is -2.57. The number of fused-ring (bicyclic) bond motifs is 1. The number of aromatic hydroxyl groups is 1. The molecule has 0 bridgehead atoms. The molecule has 7 heteroatoms. The molecule has 0 aliphatic rings. The minimum Gasteiger partial charge on any atom is -0.508 e. The fraction of sp³-hybridized carbons (Fsp3) is 0.286. The average Bonchev–Trinajstić information content (AvgIpc) is 2.94. The second-order valence-electron chi connectivity index (χ2n) is 6.95. The summed E-state index contributed by atoms with van der Waals surface area (Å²) in [7, 11) is 3.79. The Bertz CT molecular complexity index is 983. The molecule has 0 unspecified atom stereocenters. The number of phenols is 1. The van der Waals surface area contributed by atoms with E-state index in [2.05, 4.69) is 4.98 Å². The minimum atomic E-state index is -0.531. The van der Waals surface area contributed by atoms with Gasteiger partial charge in [-0.15, -0.1) is 12.4 Å². The molecule has 1 atom stereocenters. The molecule has 0 radical (unpaired) electrons. The monoisotopic (exact) mass is 406 g/mol. The van der Waals surface area contributed by atoms with Crippen molar-refractivity contribution in [3.8, 4) is 5.75 Å². The lowest BCUT2D eigenvalue weighted by Gasteiger charge is -2.16. The van der Waals surface area contributed by atoms with E-state index in [0.717, 1.165) is 5.52 Å². The highest BCUT2D eigenvalue weighted by Gasteiger charge is 2.24. The number of H-pyrrole nitrogens is 1. The van der Waals surface area contributed by atoms with Crippen LogP contribution >= 0.6 is 12.4 Å². The minimum absolute atomic E-state index is 0. The molecule has 1 heterocycles. The third-order valence-corrected chi connectivity index (χ3v) is 4.54. The molecule has 3 aromatic rings. The molecule has 3 rings (SSSR count). The number of phenolic OH excluding ortho intramolecular Hbond substituents is 1. The van der Waals surface area contributed by atoms with E-state index in [1.807, 2.05) is 19.0 Å². The molecule has 0 spiro atoms.